The molecule has 1 atom stereocenters. The monoisotopic (exact) mass is 394 g/mol. The number of sulfonamides is 1. The molecule has 0 bridgehead atoms. The number of carbonyl (C=O) groups excluding carboxylic acids is 1. The number of urea groups is 1. The quantitative estimate of drug-likeness (QED) is 0.718. The van der Waals surface area contributed by atoms with E-state index in [0.29, 0.717) is 25.5 Å². The fourth-order valence-corrected chi connectivity index (χ4v) is 3.22. The van der Waals surface area contributed by atoms with Crippen molar-refractivity contribution in [3.8, 4) is 0 Å². The van der Waals surface area contributed by atoms with Crippen molar-refractivity contribution in [2.75, 3.05) is 37.9 Å². The summed E-state index contributed by atoms with van der Waals surface area (Å²) in [6, 6.07) is 9.02. The van der Waals surface area contributed by atoms with E-state index < -0.39 is 16.1 Å². The molecule has 0 spiro atoms. The molecule has 27 heavy (non-hydrogen) atoms. The number of morpholine rings is 1. The van der Waals surface area contributed by atoms with Crippen LogP contribution in [0.2, 0.25) is 0 Å². The molecule has 1 aromatic carbocycles. The summed E-state index contributed by atoms with van der Waals surface area (Å²) in [5.41, 5.74) is 1.07. The van der Waals surface area contributed by atoms with Crippen molar-refractivity contribution in [1.29, 1.82) is 0 Å². The Morgan fingerprint density at radius 1 is 1.33 bits per heavy atom. The summed E-state index contributed by atoms with van der Waals surface area (Å²) in [6.45, 7) is 1.65. The maximum Gasteiger partial charge on any atom is 0.323 e. The summed E-state index contributed by atoms with van der Waals surface area (Å²) in [4.78, 5) is 14.1. The van der Waals surface area contributed by atoms with Crippen LogP contribution in [-0.2, 0) is 21.3 Å². The van der Waals surface area contributed by atoms with Crippen LogP contribution in [0.3, 0.4) is 0 Å². The summed E-state index contributed by atoms with van der Waals surface area (Å²) in [5.74, 6) is 0.331. The Labute approximate surface area is 157 Å². The molecular weight excluding hydrogens is 372 g/mol. The van der Waals surface area contributed by atoms with Crippen molar-refractivity contribution in [3.63, 3.8) is 0 Å². The van der Waals surface area contributed by atoms with Crippen molar-refractivity contribution in [2.24, 2.45) is 0 Å². The van der Waals surface area contributed by atoms with Crippen molar-refractivity contribution in [3.05, 3.63) is 42.1 Å². The molecule has 2 amide bonds. The van der Waals surface area contributed by atoms with Crippen molar-refractivity contribution < 1.29 is 17.9 Å². The number of amides is 2. The number of nitrogens with zero attached hydrogens (tertiary/aromatic N) is 4. The number of nitrogens with one attached hydrogen (secondary N) is 2. The number of ether oxygens (including phenoxy) is 1. The third kappa shape index (κ3) is 5.74. The molecule has 0 saturated carbocycles. The van der Waals surface area contributed by atoms with Crippen LogP contribution in [-0.4, -0.2) is 72.9 Å². The van der Waals surface area contributed by atoms with Gasteiger partial charge in [0.15, 0.2) is 5.82 Å². The number of aromatic nitrogens is 3. The van der Waals surface area contributed by atoms with Crippen LogP contribution < -0.4 is 10.0 Å². The van der Waals surface area contributed by atoms with Crippen molar-refractivity contribution in [1.82, 2.24) is 24.6 Å². The van der Waals surface area contributed by atoms with Gasteiger partial charge in [0.1, 0.15) is 0 Å². The SMILES string of the molecule is CS(=O)(=O)NCC1COCCN1C(=O)Nc1cn(Cc2ccccc2)nn1. The highest BCUT2D eigenvalue weighted by Crippen LogP contribution is 2.11. The Morgan fingerprint density at radius 2 is 2.11 bits per heavy atom. The molecule has 1 fully saturated rings. The number of hydrogen-bond acceptors (Lipinski definition) is 6. The van der Waals surface area contributed by atoms with E-state index in [1.54, 1.807) is 10.9 Å². The molecule has 3 rings (SSSR count). The molecule has 1 unspecified atom stereocenters. The fraction of sp³-hybridized carbons (Fsp3) is 0.438. The smallest absolute Gasteiger partial charge is 0.323 e. The van der Waals surface area contributed by atoms with Crippen LogP contribution >= 0.6 is 0 Å². The highest BCUT2D eigenvalue weighted by atomic mass is 32.2. The largest absolute Gasteiger partial charge is 0.377 e. The van der Waals surface area contributed by atoms with Crippen LogP contribution in [0.25, 0.3) is 0 Å². The second kappa shape index (κ2) is 8.46. The minimum atomic E-state index is -3.35. The van der Waals surface area contributed by atoms with Gasteiger partial charge in [0.2, 0.25) is 10.0 Å². The summed E-state index contributed by atoms with van der Waals surface area (Å²) in [6.07, 6.45) is 2.72. The molecule has 10 nitrogen and oxygen atoms in total. The molecule has 0 radical (unpaired) electrons. The highest BCUT2D eigenvalue weighted by Gasteiger charge is 2.28. The van der Waals surface area contributed by atoms with Gasteiger partial charge < -0.3 is 9.64 Å². The van der Waals surface area contributed by atoms with Crippen molar-refractivity contribution >= 4 is 21.9 Å². The van der Waals surface area contributed by atoms with Gasteiger partial charge in [0.25, 0.3) is 0 Å². The van der Waals surface area contributed by atoms with E-state index in [2.05, 4.69) is 20.4 Å². The first-order valence-electron chi connectivity index (χ1n) is 8.45. The summed E-state index contributed by atoms with van der Waals surface area (Å²) >= 11 is 0. The Balaban J connectivity index is 1.60. The lowest BCUT2D eigenvalue weighted by molar-refractivity contribution is 0.0176. The maximum atomic E-state index is 12.6. The van der Waals surface area contributed by atoms with Crippen LogP contribution in [0.1, 0.15) is 5.56 Å². The normalized spacial score (nSPS) is 17.7. The van der Waals surface area contributed by atoms with Gasteiger partial charge in [-0.05, 0) is 5.56 Å². The number of carbonyl (C=O) groups is 1. The fourth-order valence-electron chi connectivity index (χ4n) is 2.72. The zero-order chi connectivity index (χ0) is 19.3. The molecule has 1 aliphatic rings. The first-order chi connectivity index (χ1) is 12.9. The lowest BCUT2D eigenvalue weighted by atomic mass is 10.2. The van der Waals surface area contributed by atoms with Crippen LogP contribution in [0, 0.1) is 0 Å². The zero-order valence-electron chi connectivity index (χ0n) is 14.9. The van der Waals surface area contributed by atoms with Gasteiger partial charge in [0.05, 0.1) is 38.3 Å². The first kappa shape index (κ1) is 19.3. The van der Waals surface area contributed by atoms with E-state index in [1.165, 1.54) is 4.90 Å². The van der Waals surface area contributed by atoms with E-state index in [4.69, 9.17) is 4.74 Å². The van der Waals surface area contributed by atoms with Gasteiger partial charge in [-0.25, -0.2) is 22.6 Å². The van der Waals surface area contributed by atoms with E-state index in [-0.39, 0.29) is 19.2 Å². The number of hydrogen-bond donors (Lipinski definition) is 2. The molecule has 0 aliphatic carbocycles. The Hall–Kier alpha value is -2.50. The Bertz CT molecular complexity index is 870. The minimum Gasteiger partial charge on any atom is -0.377 e. The second-order valence-corrected chi connectivity index (χ2v) is 8.09. The first-order valence-corrected chi connectivity index (χ1v) is 10.3. The predicted molar refractivity (Wildman–Crippen MR) is 98.7 cm³/mol. The molecule has 2 heterocycles. The van der Waals surface area contributed by atoms with Gasteiger partial charge in [-0.3, -0.25) is 5.32 Å². The summed E-state index contributed by atoms with van der Waals surface area (Å²) < 4.78 is 32.0. The molecule has 1 saturated heterocycles. The molecule has 146 valence electrons. The van der Waals surface area contributed by atoms with Crippen LogP contribution in [0.4, 0.5) is 10.6 Å². The van der Waals surface area contributed by atoms with Gasteiger partial charge in [-0.1, -0.05) is 35.5 Å². The van der Waals surface area contributed by atoms with Gasteiger partial charge in [0, 0.05) is 13.1 Å². The van der Waals surface area contributed by atoms with Gasteiger partial charge in [-0.15, -0.1) is 5.10 Å². The summed E-state index contributed by atoms with van der Waals surface area (Å²) in [7, 11) is -3.35. The molecule has 2 N–H and O–H groups in total. The van der Waals surface area contributed by atoms with E-state index in [0.717, 1.165) is 11.8 Å². The van der Waals surface area contributed by atoms with Crippen LogP contribution in [0.15, 0.2) is 36.5 Å². The van der Waals surface area contributed by atoms with Crippen molar-refractivity contribution in [2.45, 2.75) is 12.6 Å². The lowest BCUT2D eigenvalue weighted by Crippen LogP contribution is -2.54. The minimum absolute atomic E-state index is 0.0902. The van der Waals surface area contributed by atoms with Gasteiger partial charge in [-0.2, -0.15) is 0 Å². The Morgan fingerprint density at radius 3 is 2.85 bits per heavy atom. The maximum absolute atomic E-state index is 12.6. The third-order valence-electron chi connectivity index (χ3n) is 4.03. The predicted octanol–water partition coefficient (Wildman–Crippen LogP) is 0.108. The molecule has 11 heteroatoms. The molecule has 2 aromatic rings. The zero-order valence-corrected chi connectivity index (χ0v) is 15.7. The average molecular weight is 394 g/mol. The molecular formula is C16H22N6O4S. The topological polar surface area (TPSA) is 118 Å². The summed E-state index contributed by atoms with van der Waals surface area (Å²) in [5, 5.41) is 10.7. The van der Waals surface area contributed by atoms with E-state index in [9.17, 15) is 13.2 Å². The number of benzene rings is 1. The van der Waals surface area contributed by atoms with Gasteiger partial charge >= 0.3 is 6.03 Å². The highest BCUT2D eigenvalue weighted by molar-refractivity contribution is 7.88. The van der Waals surface area contributed by atoms with E-state index >= 15 is 0 Å². The number of anilines is 1. The van der Waals surface area contributed by atoms with E-state index in [1.807, 2.05) is 30.3 Å². The lowest BCUT2D eigenvalue weighted by Gasteiger charge is -2.35. The molecule has 1 aliphatic heterocycles. The average Bonchev–Trinajstić information content (AvgIpc) is 3.07. The standard InChI is InChI=1S/C16H22N6O4S/c1-27(24,25)17-9-14-12-26-8-7-22(14)16(23)18-15-11-21(20-19-15)10-13-5-3-2-4-6-13/h2-6,11,14,17H,7-10,12H2,1H3,(H,18,23). The Kier molecular flexibility index (Phi) is 6.04. The number of rotatable bonds is 6. The van der Waals surface area contributed by atoms with Crippen LogP contribution in [0.5, 0.6) is 0 Å². The second-order valence-electron chi connectivity index (χ2n) is 6.26. The third-order valence-corrected chi connectivity index (χ3v) is 4.72. The molecule has 1 aromatic heterocycles.